The van der Waals surface area contributed by atoms with Crippen molar-refractivity contribution in [1.82, 2.24) is 4.57 Å². The first-order chi connectivity index (χ1) is 16.6. The minimum Gasteiger partial charge on any atom is -0.489 e. The van der Waals surface area contributed by atoms with Crippen LogP contribution in [-0.2, 0) is 6.61 Å². The summed E-state index contributed by atoms with van der Waals surface area (Å²) in [5.41, 5.74) is 2.73. The Labute approximate surface area is 196 Å². The van der Waals surface area contributed by atoms with Crippen molar-refractivity contribution in [3.8, 4) is 17.2 Å². The van der Waals surface area contributed by atoms with E-state index in [1.165, 1.54) is 12.1 Å². The quantitative estimate of drug-likeness (QED) is 0.395. The number of aromatic carboxylic acids is 1. The molecule has 3 aromatic carbocycles. The molecule has 0 spiro atoms. The number of hydrogen-bond donors (Lipinski definition) is 1. The third-order valence-corrected chi connectivity index (χ3v) is 5.72. The van der Waals surface area contributed by atoms with Crippen LogP contribution in [-0.4, -0.2) is 34.8 Å². The van der Waals surface area contributed by atoms with E-state index in [1.54, 1.807) is 24.3 Å². The van der Waals surface area contributed by atoms with Gasteiger partial charge < -0.3 is 24.0 Å². The van der Waals surface area contributed by atoms with Crippen LogP contribution in [0, 0.1) is 5.82 Å². The molecule has 2 heterocycles. The number of carboxylic acid groups (broad SMARTS) is 1. The van der Waals surface area contributed by atoms with Crippen molar-refractivity contribution in [3.05, 3.63) is 108 Å². The summed E-state index contributed by atoms with van der Waals surface area (Å²) in [6.07, 6.45) is 3.69. The topological polar surface area (TPSA) is 63.9 Å². The lowest BCUT2D eigenvalue weighted by atomic mass is 10.1. The molecule has 0 aliphatic carbocycles. The number of anilines is 1. The Morgan fingerprint density at radius 1 is 0.941 bits per heavy atom. The van der Waals surface area contributed by atoms with E-state index < -0.39 is 5.97 Å². The number of nitrogens with zero attached hydrogens (tertiary/aromatic N) is 2. The van der Waals surface area contributed by atoms with Crippen LogP contribution in [0.4, 0.5) is 10.1 Å². The molecule has 0 saturated carbocycles. The molecule has 1 aromatic heterocycles. The Bertz CT molecular complexity index is 1280. The molecule has 7 heteroatoms. The summed E-state index contributed by atoms with van der Waals surface area (Å²) in [6, 6.07) is 22.8. The average Bonchev–Trinajstić information content (AvgIpc) is 3.35. The van der Waals surface area contributed by atoms with E-state index in [0.29, 0.717) is 31.1 Å². The third kappa shape index (κ3) is 4.59. The van der Waals surface area contributed by atoms with Crippen molar-refractivity contribution in [1.29, 1.82) is 0 Å². The first-order valence-corrected chi connectivity index (χ1v) is 11.0. The highest BCUT2D eigenvalue weighted by Crippen LogP contribution is 2.32. The normalized spacial score (nSPS) is 13.4. The van der Waals surface area contributed by atoms with Crippen molar-refractivity contribution in [3.63, 3.8) is 0 Å². The summed E-state index contributed by atoms with van der Waals surface area (Å²) in [4.78, 5) is 13.9. The van der Waals surface area contributed by atoms with Gasteiger partial charge in [-0.1, -0.05) is 24.3 Å². The zero-order chi connectivity index (χ0) is 23.5. The smallest absolute Gasteiger partial charge is 0.337 e. The van der Waals surface area contributed by atoms with Gasteiger partial charge in [-0.25, -0.2) is 9.18 Å². The second-order valence-electron chi connectivity index (χ2n) is 8.10. The highest BCUT2D eigenvalue weighted by atomic mass is 19.1. The van der Waals surface area contributed by atoms with E-state index in [-0.39, 0.29) is 17.5 Å². The number of aromatic nitrogens is 1. The van der Waals surface area contributed by atoms with Crippen molar-refractivity contribution in [2.75, 3.05) is 18.0 Å². The van der Waals surface area contributed by atoms with E-state index >= 15 is 0 Å². The van der Waals surface area contributed by atoms with Crippen molar-refractivity contribution < 1.29 is 23.8 Å². The van der Waals surface area contributed by atoms with Gasteiger partial charge in [0.2, 0.25) is 0 Å². The van der Waals surface area contributed by atoms with Crippen LogP contribution in [0.3, 0.4) is 0 Å². The van der Waals surface area contributed by atoms with Gasteiger partial charge in [0.1, 0.15) is 30.0 Å². The Morgan fingerprint density at radius 3 is 2.38 bits per heavy atom. The van der Waals surface area contributed by atoms with Gasteiger partial charge in [0, 0.05) is 18.5 Å². The van der Waals surface area contributed by atoms with Gasteiger partial charge in [0.25, 0.3) is 0 Å². The molecule has 1 N–H and O–H groups in total. The molecule has 6 nitrogen and oxygen atoms in total. The zero-order valence-electron chi connectivity index (χ0n) is 18.3. The molecule has 1 aliphatic heterocycles. The molecular weight excluding hydrogens is 435 g/mol. The van der Waals surface area contributed by atoms with Crippen LogP contribution in [0.15, 0.2) is 91.3 Å². The Kier molecular flexibility index (Phi) is 5.91. The summed E-state index contributed by atoms with van der Waals surface area (Å²) in [5.74, 6) is -0.0449. The Balaban J connectivity index is 1.20. The number of carboxylic acids is 1. The van der Waals surface area contributed by atoms with Gasteiger partial charge in [0.05, 0.1) is 30.0 Å². The summed E-state index contributed by atoms with van der Waals surface area (Å²) < 4.78 is 26.8. The number of para-hydroxylation sites is 1. The molecular formula is C27H23FN2O4. The molecule has 5 rings (SSSR count). The monoisotopic (exact) mass is 458 g/mol. The highest BCUT2D eigenvalue weighted by molar-refractivity contribution is 5.95. The zero-order valence-corrected chi connectivity index (χ0v) is 18.3. The molecule has 1 aliphatic rings. The summed E-state index contributed by atoms with van der Waals surface area (Å²) in [7, 11) is 0. The van der Waals surface area contributed by atoms with Gasteiger partial charge in [-0.05, 0) is 54.1 Å². The number of hydrogen-bond acceptors (Lipinski definition) is 4. The minimum atomic E-state index is -0.958. The lowest BCUT2D eigenvalue weighted by Gasteiger charge is -2.41. The Hall–Kier alpha value is -4.26. The average molecular weight is 458 g/mol. The first kappa shape index (κ1) is 21.6. The minimum absolute atomic E-state index is 0.000361. The molecule has 1 saturated heterocycles. The lowest BCUT2D eigenvalue weighted by molar-refractivity contribution is 0.0697. The standard InChI is InChI=1S/C27H23FN2O4/c28-20-5-3-6-22(15-20)33-18-19-9-11-21(12-10-19)34-23-16-30(17-23)25-8-4-7-24(27(31)32)26(25)29-13-1-2-14-29/h1-15,23H,16-18H2,(H,31,32). The van der Waals surface area contributed by atoms with Crippen LogP contribution in [0.2, 0.25) is 0 Å². The van der Waals surface area contributed by atoms with Gasteiger partial charge in [-0.3, -0.25) is 0 Å². The van der Waals surface area contributed by atoms with Crippen LogP contribution in [0.5, 0.6) is 11.5 Å². The van der Waals surface area contributed by atoms with Crippen molar-refractivity contribution >= 4 is 11.7 Å². The van der Waals surface area contributed by atoms with E-state index in [2.05, 4.69) is 4.90 Å². The molecule has 0 atom stereocenters. The SMILES string of the molecule is O=C(O)c1cccc(N2CC(Oc3ccc(COc4cccc(F)c4)cc3)C2)c1-n1cccc1. The number of carbonyl (C=O) groups is 1. The largest absolute Gasteiger partial charge is 0.489 e. The van der Waals surface area contributed by atoms with Crippen LogP contribution < -0.4 is 14.4 Å². The van der Waals surface area contributed by atoms with Crippen LogP contribution in [0.25, 0.3) is 5.69 Å². The van der Waals surface area contributed by atoms with E-state index in [1.807, 2.05) is 59.4 Å². The third-order valence-electron chi connectivity index (χ3n) is 5.72. The molecule has 172 valence electrons. The molecule has 1 fully saturated rings. The molecule has 0 radical (unpaired) electrons. The van der Waals surface area contributed by atoms with E-state index in [0.717, 1.165) is 17.0 Å². The van der Waals surface area contributed by atoms with Crippen LogP contribution >= 0.6 is 0 Å². The van der Waals surface area contributed by atoms with Gasteiger partial charge in [-0.2, -0.15) is 0 Å². The summed E-state index contributed by atoms with van der Waals surface area (Å²) >= 11 is 0. The molecule has 34 heavy (non-hydrogen) atoms. The predicted molar refractivity (Wildman–Crippen MR) is 127 cm³/mol. The van der Waals surface area contributed by atoms with Crippen LogP contribution in [0.1, 0.15) is 15.9 Å². The summed E-state index contributed by atoms with van der Waals surface area (Å²) in [5, 5.41) is 9.66. The number of halogens is 1. The fourth-order valence-corrected chi connectivity index (χ4v) is 4.00. The maximum Gasteiger partial charge on any atom is 0.337 e. The number of rotatable bonds is 8. The predicted octanol–water partition coefficient (Wildman–Crippen LogP) is 5.16. The van der Waals surface area contributed by atoms with Crippen molar-refractivity contribution in [2.45, 2.75) is 12.7 Å². The van der Waals surface area contributed by atoms with Gasteiger partial charge in [-0.15, -0.1) is 0 Å². The highest BCUT2D eigenvalue weighted by Gasteiger charge is 2.31. The fraction of sp³-hybridized carbons (Fsp3) is 0.148. The van der Waals surface area contributed by atoms with Crippen molar-refractivity contribution in [2.24, 2.45) is 0 Å². The van der Waals surface area contributed by atoms with E-state index in [9.17, 15) is 14.3 Å². The lowest BCUT2D eigenvalue weighted by Crippen LogP contribution is -2.54. The van der Waals surface area contributed by atoms with E-state index in [4.69, 9.17) is 9.47 Å². The maximum absolute atomic E-state index is 13.3. The van der Waals surface area contributed by atoms with Gasteiger partial charge >= 0.3 is 5.97 Å². The summed E-state index contributed by atoms with van der Waals surface area (Å²) in [6.45, 7) is 1.65. The maximum atomic E-state index is 13.3. The number of ether oxygens (including phenoxy) is 2. The fourth-order valence-electron chi connectivity index (χ4n) is 4.00. The second-order valence-corrected chi connectivity index (χ2v) is 8.10. The van der Waals surface area contributed by atoms with Gasteiger partial charge in [0.15, 0.2) is 0 Å². The molecule has 4 aromatic rings. The number of benzene rings is 3. The molecule has 0 unspecified atom stereocenters. The molecule has 0 amide bonds. The first-order valence-electron chi connectivity index (χ1n) is 11.0. The Morgan fingerprint density at radius 2 is 1.68 bits per heavy atom. The second kappa shape index (κ2) is 9.31. The molecule has 0 bridgehead atoms.